The third kappa shape index (κ3) is 3.58. The van der Waals surface area contributed by atoms with Crippen LogP contribution in [-0.2, 0) is 11.3 Å². The van der Waals surface area contributed by atoms with Crippen LogP contribution in [0, 0.1) is 0 Å². The SMILES string of the molecule is CCCCNc1nccn1-c1cccc(COC)c1. The van der Waals surface area contributed by atoms with E-state index < -0.39 is 0 Å². The van der Waals surface area contributed by atoms with E-state index in [9.17, 15) is 0 Å². The lowest BCUT2D eigenvalue weighted by Gasteiger charge is -2.10. The van der Waals surface area contributed by atoms with Crippen molar-refractivity contribution in [2.45, 2.75) is 26.4 Å². The van der Waals surface area contributed by atoms with Gasteiger partial charge in [-0.2, -0.15) is 0 Å². The number of anilines is 1. The largest absolute Gasteiger partial charge is 0.380 e. The number of benzene rings is 1. The zero-order valence-corrected chi connectivity index (χ0v) is 11.6. The molecular weight excluding hydrogens is 238 g/mol. The topological polar surface area (TPSA) is 39.1 Å². The number of nitrogens with zero attached hydrogens (tertiary/aromatic N) is 2. The second-order valence-electron chi connectivity index (χ2n) is 4.50. The first-order chi connectivity index (χ1) is 9.35. The Morgan fingerprint density at radius 3 is 3.05 bits per heavy atom. The molecule has 1 aromatic heterocycles. The molecule has 0 saturated carbocycles. The first-order valence-corrected chi connectivity index (χ1v) is 6.70. The summed E-state index contributed by atoms with van der Waals surface area (Å²) in [5, 5.41) is 3.36. The molecule has 0 saturated heterocycles. The van der Waals surface area contributed by atoms with Crippen LogP contribution >= 0.6 is 0 Å². The molecule has 2 aromatic rings. The summed E-state index contributed by atoms with van der Waals surface area (Å²) in [6.45, 7) is 3.76. The standard InChI is InChI=1S/C15H21N3O/c1-3-4-8-16-15-17-9-10-18(15)14-7-5-6-13(11-14)12-19-2/h5-7,9-11H,3-4,8,12H2,1-2H3,(H,16,17). The van der Waals surface area contributed by atoms with E-state index in [1.165, 1.54) is 6.42 Å². The number of rotatable bonds is 7. The van der Waals surface area contributed by atoms with Gasteiger partial charge in [0.25, 0.3) is 0 Å². The van der Waals surface area contributed by atoms with Gasteiger partial charge in [-0.15, -0.1) is 0 Å². The Balaban J connectivity index is 2.16. The lowest BCUT2D eigenvalue weighted by atomic mass is 10.2. The molecule has 0 bridgehead atoms. The van der Waals surface area contributed by atoms with Crippen molar-refractivity contribution in [3.8, 4) is 5.69 Å². The lowest BCUT2D eigenvalue weighted by molar-refractivity contribution is 0.185. The Labute approximate surface area is 114 Å². The van der Waals surface area contributed by atoms with Crippen LogP contribution in [0.3, 0.4) is 0 Å². The first-order valence-electron chi connectivity index (χ1n) is 6.70. The molecule has 2 rings (SSSR count). The Hall–Kier alpha value is -1.81. The summed E-state index contributed by atoms with van der Waals surface area (Å²) >= 11 is 0. The van der Waals surface area contributed by atoms with E-state index in [1.54, 1.807) is 7.11 Å². The van der Waals surface area contributed by atoms with Crippen LogP contribution in [0.25, 0.3) is 5.69 Å². The predicted molar refractivity (Wildman–Crippen MR) is 77.7 cm³/mol. The summed E-state index contributed by atoms with van der Waals surface area (Å²) < 4.78 is 7.23. The number of aromatic nitrogens is 2. The highest BCUT2D eigenvalue weighted by Crippen LogP contribution is 2.16. The summed E-state index contributed by atoms with van der Waals surface area (Å²) in [5.41, 5.74) is 2.26. The van der Waals surface area contributed by atoms with E-state index >= 15 is 0 Å². The van der Waals surface area contributed by atoms with Gasteiger partial charge >= 0.3 is 0 Å². The molecule has 0 aliphatic heterocycles. The molecule has 1 N–H and O–H groups in total. The molecule has 0 unspecified atom stereocenters. The maximum Gasteiger partial charge on any atom is 0.207 e. The molecule has 1 heterocycles. The Kier molecular flexibility index (Phi) is 4.98. The number of hydrogen-bond donors (Lipinski definition) is 1. The highest BCUT2D eigenvalue weighted by molar-refractivity contribution is 5.43. The highest BCUT2D eigenvalue weighted by atomic mass is 16.5. The van der Waals surface area contributed by atoms with Crippen molar-refractivity contribution in [2.24, 2.45) is 0 Å². The molecule has 102 valence electrons. The molecule has 0 aliphatic rings. The van der Waals surface area contributed by atoms with Crippen LogP contribution in [0.2, 0.25) is 0 Å². The van der Waals surface area contributed by atoms with Crippen LogP contribution in [0.4, 0.5) is 5.95 Å². The van der Waals surface area contributed by atoms with E-state index in [0.29, 0.717) is 6.61 Å². The summed E-state index contributed by atoms with van der Waals surface area (Å²) in [4.78, 5) is 4.36. The molecule has 0 fully saturated rings. The van der Waals surface area contributed by atoms with Crippen LogP contribution in [-0.4, -0.2) is 23.2 Å². The second-order valence-corrected chi connectivity index (χ2v) is 4.50. The minimum absolute atomic E-state index is 0.626. The van der Waals surface area contributed by atoms with Crippen LogP contribution in [0.1, 0.15) is 25.3 Å². The van der Waals surface area contributed by atoms with Crippen LogP contribution < -0.4 is 5.32 Å². The summed E-state index contributed by atoms with van der Waals surface area (Å²) in [5.74, 6) is 0.892. The van der Waals surface area contributed by atoms with E-state index in [-0.39, 0.29) is 0 Å². The molecule has 4 heteroatoms. The smallest absolute Gasteiger partial charge is 0.207 e. The number of hydrogen-bond acceptors (Lipinski definition) is 3. The molecule has 0 atom stereocenters. The van der Waals surface area contributed by atoms with Gasteiger partial charge in [0.1, 0.15) is 0 Å². The third-order valence-corrected chi connectivity index (χ3v) is 2.95. The molecule has 19 heavy (non-hydrogen) atoms. The quantitative estimate of drug-likeness (QED) is 0.776. The normalized spacial score (nSPS) is 10.6. The van der Waals surface area contributed by atoms with Gasteiger partial charge < -0.3 is 10.1 Å². The minimum atomic E-state index is 0.626. The fourth-order valence-electron chi connectivity index (χ4n) is 1.98. The van der Waals surface area contributed by atoms with E-state index in [1.807, 2.05) is 18.5 Å². The van der Waals surface area contributed by atoms with Gasteiger partial charge in [0.15, 0.2) is 0 Å². The Morgan fingerprint density at radius 1 is 1.37 bits per heavy atom. The fraction of sp³-hybridized carbons (Fsp3) is 0.400. The van der Waals surface area contributed by atoms with Gasteiger partial charge in [0.2, 0.25) is 5.95 Å². The zero-order chi connectivity index (χ0) is 13.5. The molecule has 0 spiro atoms. The molecular formula is C15H21N3O. The van der Waals surface area contributed by atoms with Gasteiger partial charge in [-0.05, 0) is 24.1 Å². The molecule has 4 nitrogen and oxygen atoms in total. The number of ether oxygens (including phenoxy) is 1. The van der Waals surface area contributed by atoms with E-state index in [2.05, 4.69) is 40.0 Å². The average Bonchev–Trinajstić information content (AvgIpc) is 2.88. The van der Waals surface area contributed by atoms with Crippen LogP contribution in [0.15, 0.2) is 36.7 Å². The maximum absolute atomic E-state index is 5.17. The van der Waals surface area contributed by atoms with Crippen molar-refractivity contribution >= 4 is 5.95 Å². The van der Waals surface area contributed by atoms with Gasteiger partial charge in [-0.25, -0.2) is 4.98 Å². The van der Waals surface area contributed by atoms with Crippen molar-refractivity contribution in [3.05, 3.63) is 42.2 Å². The zero-order valence-electron chi connectivity index (χ0n) is 11.6. The number of unbranched alkanes of at least 4 members (excludes halogenated alkanes) is 1. The first kappa shape index (κ1) is 13.6. The van der Waals surface area contributed by atoms with Gasteiger partial charge in [-0.1, -0.05) is 25.5 Å². The van der Waals surface area contributed by atoms with Gasteiger partial charge in [-0.3, -0.25) is 4.57 Å². The van der Waals surface area contributed by atoms with Gasteiger partial charge in [0, 0.05) is 31.7 Å². The monoisotopic (exact) mass is 259 g/mol. The predicted octanol–water partition coefficient (Wildman–Crippen LogP) is 3.23. The van der Waals surface area contributed by atoms with Crippen LogP contribution in [0.5, 0.6) is 0 Å². The van der Waals surface area contributed by atoms with Crippen molar-refractivity contribution in [1.82, 2.24) is 9.55 Å². The van der Waals surface area contributed by atoms with Crippen molar-refractivity contribution < 1.29 is 4.74 Å². The molecule has 1 aromatic carbocycles. The number of imidazole rings is 1. The van der Waals surface area contributed by atoms with Crippen molar-refractivity contribution in [1.29, 1.82) is 0 Å². The number of methoxy groups -OCH3 is 1. The number of nitrogens with one attached hydrogen (secondary N) is 1. The lowest BCUT2D eigenvalue weighted by Crippen LogP contribution is -2.07. The molecule has 0 radical (unpaired) electrons. The van der Waals surface area contributed by atoms with Crippen molar-refractivity contribution in [2.75, 3.05) is 19.0 Å². The Bertz CT molecular complexity index is 508. The third-order valence-electron chi connectivity index (χ3n) is 2.95. The highest BCUT2D eigenvalue weighted by Gasteiger charge is 2.04. The summed E-state index contributed by atoms with van der Waals surface area (Å²) in [7, 11) is 1.71. The molecule has 0 aliphatic carbocycles. The second kappa shape index (κ2) is 6.95. The summed E-state index contributed by atoms with van der Waals surface area (Å²) in [6, 6.07) is 8.30. The fourth-order valence-corrected chi connectivity index (χ4v) is 1.98. The maximum atomic E-state index is 5.17. The Morgan fingerprint density at radius 2 is 2.26 bits per heavy atom. The summed E-state index contributed by atoms with van der Waals surface area (Å²) in [6.07, 6.45) is 6.12. The van der Waals surface area contributed by atoms with Gasteiger partial charge in [0.05, 0.1) is 6.61 Å². The minimum Gasteiger partial charge on any atom is -0.380 e. The van der Waals surface area contributed by atoms with E-state index in [0.717, 1.165) is 30.2 Å². The van der Waals surface area contributed by atoms with E-state index in [4.69, 9.17) is 4.74 Å². The van der Waals surface area contributed by atoms with Crippen molar-refractivity contribution in [3.63, 3.8) is 0 Å². The molecule has 0 amide bonds. The average molecular weight is 259 g/mol.